The van der Waals surface area contributed by atoms with Crippen molar-refractivity contribution in [3.8, 4) is 0 Å². The molecule has 3 N–H and O–H groups in total. The number of unbranched alkanes of at least 4 members (excludes halogenated alkanes) is 3. The van der Waals surface area contributed by atoms with E-state index in [2.05, 4.69) is 17.0 Å². The molecular weight excluding hydrogens is 292 g/mol. The Morgan fingerprint density at radius 3 is 2.57 bits per heavy atom. The highest BCUT2D eigenvalue weighted by Crippen LogP contribution is 2.21. The second-order valence-electron chi connectivity index (χ2n) is 4.73. The van der Waals surface area contributed by atoms with Crippen molar-refractivity contribution >= 4 is 21.7 Å². The molecule has 0 amide bonds. The molecule has 0 aliphatic heterocycles. The van der Waals surface area contributed by atoms with Crippen molar-refractivity contribution < 1.29 is 17.9 Å². The van der Waals surface area contributed by atoms with Gasteiger partial charge in [-0.3, -0.25) is 0 Å². The molecule has 0 fully saturated rings. The maximum absolute atomic E-state index is 11.8. The predicted molar refractivity (Wildman–Crippen MR) is 81.8 cm³/mol. The molecule has 0 saturated heterocycles. The normalized spacial score (nSPS) is 11.2. The number of methoxy groups -OCH3 is 1. The van der Waals surface area contributed by atoms with Gasteiger partial charge in [0.15, 0.2) is 0 Å². The lowest BCUT2D eigenvalue weighted by Gasteiger charge is -2.12. The lowest BCUT2D eigenvalue weighted by molar-refractivity contribution is 0.0601. The Kier molecular flexibility index (Phi) is 6.64. The molecule has 0 aromatic heterocycles. The van der Waals surface area contributed by atoms with Gasteiger partial charge >= 0.3 is 5.97 Å². The van der Waals surface area contributed by atoms with Gasteiger partial charge in [-0.05, 0) is 24.6 Å². The quantitative estimate of drug-likeness (QED) is 0.565. The average molecular weight is 314 g/mol. The van der Waals surface area contributed by atoms with Crippen LogP contribution < -0.4 is 10.5 Å². The van der Waals surface area contributed by atoms with E-state index in [1.807, 2.05) is 0 Å². The number of nitrogens with two attached hydrogens (primary N) is 1. The van der Waals surface area contributed by atoms with Gasteiger partial charge in [-0.15, -0.1) is 0 Å². The minimum atomic E-state index is -3.85. The number of primary sulfonamides is 1. The zero-order chi connectivity index (χ0) is 15.9. The zero-order valence-corrected chi connectivity index (χ0v) is 13.2. The van der Waals surface area contributed by atoms with Gasteiger partial charge in [-0.25, -0.2) is 18.4 Å². The fourth-order valence-corrected chi connectivity index (χ4v) is 2.45. The summed E-state index contributed by atoms with van der Waals surface area (Å²) in [6, 6.07) is 4.14. The third-order valence-electron chi connectivity index (χ3n) is 3.07. The zero-order valence-electron chi connectivity index (χ0n) is 12.4. The number of anilines is 1. The largest absolute Gasteiger partial charge is 0.465 e. The van der Waals surface area contributed by atoms with Crippen LogP contribution in [0.15, 0.2) is 23.1 Å². The van der Waals surface area contributed by atoms with E-state index in [9.17, 15) is 13.2 Å². The molecule has 0 aliphatic rings. The summed E-state index contributed by atoms with van der Waals surface area (Å²) in [5.41, 5.74) is 0.713. The Bertz CT molecular complexity index is 585. The van der Waals surface area contributed by atoms with Crippen molar-refractivity contribution in [1.29, 1.82) is 0 Å². The first-order valence-electron chi connectivity index (χ1n) is 6.89. The molecule has 0 aliphatic carbocycles. The van der Waals surface area contributed by atoms with Crippen LogP contribution >= 0.6 is 0 Å². The van der Waals surface area contributed by atoms with Crippen LogP contribution in [0.2, 0.25) is 0 Å². The van der Waals surface area contributed by atoms with Crippen LogP contribution in [0, 0.1) is 0 Å². The van der Waals surface area contributed by atoms with Gasteiger partial charge in [-0.1, -0.05) is 26.2 Å². The molecule has 1 aromatic rings. The summed E-state index contributed by atoms with van der Waals surface area (Å²) >= 11 is 0. The van der Waals surface area contributed by atoms with Crippen LogP contribution in [0.3, 0.4) is 0 Å². The molecule has 0 bridgehead atoms. The summed E-state index contributed by atoms with van der Waals surface area (Å²) in [5, 5.41) is 8.20. The number of hydrogen-bond acceptors (Lipinski definition) is 5. The van der Waals surface area contributed by atoms with Crippen LogP contribution in [-0.2, 0) is 14.8 Å². The Morgan fingerprint density at radius 2 is 2.00 bits per heavy atom. The molecule has 1 rings (SSSR count). The van der Waals surface area contributed by atoms with Crippen molar-refractivity contribution in [2.24, 2.45) is 5.14 Å². The van der Waals surface area contributed by atoms with Crippen LogP contribution in [0.25, 0.3) is 0 Å². The van der Waals surface area contributed by atoms with Gasteiger partial charge in [0, 0.05) is 12.2 Å². The molecule has 118 valence electrons. The summed E-state index contributed by atoms with van der Waals surface area (Å²) in [7, 11) is -2.60. The van der Waals surface area contributed by atoms with Gasteiger partial charge in [0.25, 0.3) is 0 Å². The first-order chi connectivity index (χ1) is 9.90. The topological polar surface area (TPSA) is 98.5 Å². The van der Waals surface area contributed by atoms with Crippen molar-refractivity contribution in [3.05, 3.63) is 23.8 Å². The minimum Gasteiger partial charge on any atom is -0.465 e. The Hall–Kier alpha value is -1.60. The summed E-state index contributed by atoms with van der Waals surface area (Å²) in [6.07, 6.45) is 4.39. The maximum Gasteiger partial charge on any atom is 0.340 e. The lowest BCUT2D eigenvalue weighted by Crippen LogP contribution is -2.15. The highest BCUT2D eigenvalue weighted by molar-refractivity contribution is 7.89. The summed E-state index contributed by atoms with van der Waals surface area (Å²) < 4.78 is 27.4. The van der Waals surface area contributed by atoms with Crippen LogP contribution in [0.1, 0.15) is 43.0 Å². The van der Waals surface area contributed by atoms with E-state index in [0.29, 0.717) is 12.2 Å². The second-order valence-corrected chi connectivity index (χ2v) is 6.29. The van der Waals surface area contributed by atoms with E-state index in [1.54, 1.807) is 0 Å². The summed E-state index contributed by atoms with van der Waals surface area (Å²) in [4.78, 5) is 11.6. The standard InChI is InChI=1S/C14H22N2O4S/c1-3-4-5-6-9-16-13-8-7-11(21(15,18)19)10-12(13)14(17)20-2/h7-8,10,16H,3-6,9H2,1-2H3,(H2,15,18,19). The van der Waals surface area contributed by atoms with Crippen molar-refractivity contribution in [2.45, 2.75) is 37.5 Å². The monoisotopic (exact) mass is 314 g/mol. The van der Waals surface area contributed by atoms with Gasteiger partial charge in [-0.2, -0.15) is 0 Å². The molecule has 0 unspecified atom stereocenters. The second kappa shape index (κ2) is 7.99. The van der Waals surface area contributed by atoms with Crippen LogP contribution in [-0.4, -0.2) is 28.0 Å². The number of sulfonamides is 1. The molecule has 7 heteroatoms. The Morgan fingerprint density at radius 1 is 1.29 bits per heavy atom. The smallest absolute Gasteiger partial charge is 0.340 e. The van der Waals surface area contributed by atoms with E-state index >= 15 is 0 Å². The van der Waals surface area contributed by atoms with Crippen molar-refractivity contribution in [3.63, 3.8) is 0 Å². The average Bonchev–Trinajstić information content (AvgIpc) is 2.45. The molecule has 0 spiro atoms. The fraction of sp³-hybridized carbons (Fsp3) is 0.500. The molecule has 0 radical (unpaired) electrons. The van der Waals surface area contributed by atoms with E-state index in [0.717, 1.165) is 25.7 Å². The summed E-state index contributed by atoms with van der Waals surface area (Å²) in [5.74, 6) is -0.600. The highest BCUT2D eigenvalue weighted by atomic mass is 32.2. The molecule has 0 atom stereocenters. The number of benzene rings is 1. The van der Waals surface area contributed by atoms with Crippen molar-refractivity contribution in [1.82, 2.24) is 0 Å². The Labute approximate surface area is 125 Å². The Balaban J connectivity index is 2.90. The SMILES string of the molecule is CCCCCCNc1ccc(S(N)(=O)=O)cc1C(=O)OC. The predicted octanol–water partition coefficient (Wildman–Crippen LogP) is 2.11. The van der Waals surface area contributed by atoms with E-state index in [1.165, 1.54) is 25.3 Å². The number of hydrogen-bond donors (Lipinski definition) is 2. The van der Waals surface area contributed by atoms with Crippen molar-refractivity contribution in [2.75, 3.05) is 19.0 Å². The number of nitrogens with one attached hydrogen (secondary N) is 1. The molecule has 21 heavy (non-hydrogen) atoms. The van der Waals surface area contributed by atoms with E-state index in [4.69, 9.17) is 5.14 Å². The number of rotatable bonds is 8. The molecular formula is C14H22N2O4S. The number of esters is 1. The van der Waals surface area contributed by atoms with Gasteiger partial charge < -0.3 is 10.1 Å². The van der Waals surface area contributed by atoms with E-state index < -0.39 is 16.0 Å². The molecule has 0 saturated carbocycles. The maximum atomic E-state index is 11.8. The first-order valence-corrected chi connectivity index (χ1v) is 8.43. The molecule has 0 heterocycles. The van der Waals surface area contributed by atoms with Crippen LogP contribution in [0.4, 0.5) is 5.69 Å². The fourth-order valence-electron chi connectivity index (χ4n) is 1.91. The number of carbonyl (C=O) groups excluding carboxylic acids is 1. The minimum absolute atomic E-state index is 0.112. The number of ether oxygens (including phenoxy) is 1. The molecule has 6 nitrogen and oxygen atoms in total. The lowest BCUT2D eigenvalue weighted by atomic mass is 10.1. The first kappa shape index (κ1) is 17.5. The third kappa shape index (κ3) is 5.35. The van der Waals surface area contributed by atoms with E-state index in [-0.39, 0.29) is 10.5 Å². The number of carbonyl (C=O) groups is 1. The highest BCUT2D eigenvalue weighted by Gasteiger charge is 2.16. The van der Waals surface area contributed by atoms with Crippen LogP contribution in [0.5, 0.6) is 0 Å². The third-order valence-corrected chi connectivity index (χ3v) is 3.98. The van der Waals surface area contributed by atoms with Gasteiger partial charge in [0.2, 0.25) is 10.0 Å². The van der Waals surface area contributed by atoms with Gasteiger partial charge in [0.1, 0.15) is 0 Å². The summed E-state index contributed by atoms with van der Waals surface area (Å²) in [6.45, 7) is 2.84. The molecule has 1 aromatic carbocycles. The van der Waals surface area contributed by atoms with Gasteiger partial charge in [0.05, 0.1) is 17.6 Å².